The van der Waals surface area contributed by atoms with Crippen LogP contribution >= 0.6 is 0 Å². The summed E-state index contributed by atoms with van der Waals surface area (Å²) < 4.78 is 7.33. The van der Waals surface area contributed by atoms with E-state index in [-0.39, 0.29) is 36.8 Å². The first kappa shape index (κ1) is 19.5. The number of benzene rings is 2. The van der Waals surface area contributed by atoms with Crippen molar-refractivity contribution in [3.63, 3.8) is 0 Å². The maximum Gasteiger partial charge on any atom is 0.407 e. The van der Waals surface area contributed by atoms with E-state index in [4.69, 9.17) is 4.74 Å². The van der Waals surface area contributed by atoms with E-state index in [0.717, 1.165) is 12.8 Å². The fourth-order valence-electron chi connectivity index (χ4n) is 4.52. The number of nitrogens with zero attached hydrogens (tertiary/aromatic N) is 3. The fourth-order valence-corrected chi connectivity index (χ4v) is 4.52. The van der Waals surface area contributed by atoms with Gasteiger partial charge in [0.15, 0.2) is 0 Å². The largest absolute Gasteiger partial charge is 0.449 e. The molecule has 2 aliphatic rings. The van der Waals surface area contributed by atoms with Crippen LogP contribution in [-0.4, -0.2) is 33.5 Å². The molecular formula is C24H24N4O3. The maximum atomic E-state index is 12.3. The lowest BCUT2D eigenvalue weighted by Crippen LogP contribution is -2.31. The van der Waals surface area contributed by atoms with Crippen LogP contribution in [-0.2, 0) is 16.1 Å². The van der Waals surface area contributed by atoms with Gasteiger partial charge in [-0.2, -0.15) is 0 Å². The Labute approximate surface area is 180 Å². The molecule has 0 saturated heterocycles. The lowest BCUT2D eigenvalue weighted by molar-refractivity contribution is -0.124. The summed E-state index contributed by atoms with van der Waals surface area (Å²) in [6.45, 7) is 2.16. The van der Waals surface area contributed by atoms with Crippen LogP contribution in [0.25, 0.3) is 11.1 Å². The summed E-state index contributed by atoms with van der Waals surface area (Å²) in [5.74, 6) is 0.400. The molecule has 1 amide bonds. The Morgan fingerprint density at radius 3 is 2.35 bits per heavy atom. The first-order chi connectivity index (χ1) is 15.1. The van der Waals surface area contributed by atoms with Gasteiger partial charge in [-0.1, -0.05) is 53.7 Å². The molecule has 31 heavy (non-hydrogen) atoms. The standard InChI is InChI=1S/C24H24N4O3/c1-15(29)16-10-18(11-16)28-13-17(26-27-28)12-25-24(30)31-14-23-21-8-4-2-6-19(21)20-7-3-5-9-22(20)23/h2-9,13,16,18,23H,10-12,14H2,1H3,(H,25,30). The van der Waals surface area contributed by atoms with Crippen LogP contribution < -0.4 is 5.32 Å². The summed E-state index contributed by atoms with van der Waals surface area (Å²) in [5.41, 5.74) is 5.44. The van der Waals surface area contributed by atoms with Gasteiger partial charge in [-0.25, -0.2) is 9.48 Å². The molecule has 1 fully saturated rings. The van der Waals surface area contributed by atoms with Crippen LogP contribution in [0, 0.1) is 5.92 Å². The molecule has 0 bridgehead atoms. The van der Waals surface area contributed by atoms with Crippen LogP contribution in [0.3, 0.4) is 0 Å². The average Bonchev–Trinajstić information content (AvgIpc) is 3.32. The van der Waals surface area contributed by atoms with E-state index in [1.165, 1.54) is 22.3 Å². The quantitative estimate of drug-likeness (QED) is 0.660. The van der Waals surface area contributed by atoms with Crippen molar-refractivity contribution in [1.29, 1.82) is 0 Å². The summed E-state index contributed by atoms with van der Waals surface area (Å²) in [6, 6.07) is 16.7. The van der Waals surface area contributed by atoms with Gasteiger partial charge in [0.25, 0.3) is 0 Å². The minimum Gasteiger partial charge on any atom is -0.449 e. The lowest BCUT2D eigenvalue weighted by atomic mass is 9.78. The number of aromatic nitrogens is 3. The molecule has 3 aromatic rings. The van der Waals surface area contributed by atoms with E-state index in [9.17, 15) is 9.59 Å². The second-order valence-electron chi connectivity index (χ2n) is 8.30. The fraction of sp³-hybridized carbons (Fsp3) is 0.333. The third kappa shape index (κ3) is 3.71. The van der Waals surface area contributed by atoms with Gasteiger partial charge in [0.1, 0.15) is 18.1 Å². The number of carbonyl (C=O) groups is 2. The zero-order valence-electron chi connectivity index (χ0n) is 17.3. The molecule has 0 radical (unpaired) electrons. The molecule has 0 aliphatic heterocycles. The van der Waals surface area contributed by atoms with E-state index >= 15 is 0 Å². The molecule has 158 valence electrons. The molecule has 7 heteroatoms. The predicted octanol–water partition coefficient (Wildman–Crippen LogP) is 3.86. The topological polar surface area (TPSA) is 86.1 Å². The minimum absolute atomic E-state index is 0.0341. The number of rotatable bonds is 6. The lowest BCUT2D eigenvalue weighted by Gasteiger charge is -2.33. The highest BCUT2D eigenvalue weighted by Crippen LogP contribution is 2.44. The molecular weight excluding hydrogens is 392 g/mol. The molecule has 1 heterocycles. The van der Waals surface area contributed by atoms with Gasteiger partial charge >= 0.3 is 6.09 Å². The van der Waals surface area contributed by atoms with Gasteiger partial charge in [0.05, 0.1) is 18.8 Å². The Morgan fingerprint density at radius 1 is 1.06 bits per heavy atom. The highest BCUT2D eigenvalue weighted by molar-refractivity contribution is 5.79. The Hall–Kier alpha value is -3.48. The third-order valence-corrected chi connectivity index (χ3v) is 6.38. The number of amides is 1. The molecule has 0 unspecified atom stereocenters. The number of nitrogens with one attached hydrogen (secondary N) is 1. The molecule has 7 nitrogen and oxygen atoms in total. The number of ketones is 1. The number of alkyl carbamates (subject to hydrolysis) is 1. The minimum atomic E-state index is -0.475. The number of ether oxygens (including phenoxy) is 1. The smallest absolute Gasteiger partial charge is 0.407 e. The van der Waals surface area contributed by atoms with Crippen LogP contribution in [0.1, 0.15) is 48.5 Å². The number of Topliss-reactive ketones (excluding diaryl/α,β-unsaturated/α-hetero) is 1. The summed E-state index contributed by atoms with van der Waals surface area (Å²) >= 11 is 0. The summed E-state index contributed by atoms with van der Waals surface area (Å²) in [6.07, 6.45) is 2.96. The van der Waals surface area contributed by atoms with Crippen LogP contribution in [0.15, 0.2) is 54.7 Å². The SMILES string of the molecule is CC(=O)C1CC(n2cc(CNC(=O)OCC3c4ccccc4-c4ccccc43)nn2)C1. The van der Waals surface area contributed by atoms with Gasteiger partial charge in [-0.05, 0) is 42.0 Å². The van der Waals surface area contributed by atoms with Crippen molar-refractivity contribution < 1.29 is 14.3 Å². The van der Waals surface area contributed by atoms with Crippen LogP contribution in [0.2, 0.25) is 0 Å². The Morgan fingerprint density at radius 2 is 1.71 bits per heavy atom. The number of fused-ring (bicyclic) bond motifs is 3. The first-order valence-corrected chi connectivity index (χ1v) is 10.6. The normalized spacial score (nSPS) is 19.3. The van der Waals surface area contributed by atoms with E-state index < -0.39 is 6.09 Å². The van der Waals surface area contributed by atoms with Gasteiger partial charge in [0, 0.05) is 11.8 Å². The van der Waals surface area contributed by atoms with Crippen molar-refractivity contribution in [2.75, 3.05) is 6.61 Å². The summed E-state index contributed by atoms with van der Waals surface area (Å²) in [5, 5.41) is 11.0. The molecule has 0 spiro atoms. The predicted molar refractivity (Wildman–Crippen MR) is 114 cm³/mol. The maximum absolute atomic E-state index is 12.3. The molecule has 5 rings (SSSR count). The number of hydrogen-bond acceptors (Lipinski definition) is 5. The third-order valence-electron chi connectivity index (χ3n) is 6.38. The van der Waals surface area contributed by atoms with E-state index in [2.05, 4.69) is 39.9 Å². The van der Waals surface area contributed by atoms with Crippen molar-refractivity contribution in [2.45, 2.75) is 38.3 Å². The van der Waals surface area contributed by atoms with Gasteiger partial charge in [-0.3, -0.25) is 4.79 Å². The monoisotopic (exact) mass is 416 g/mol. The number of carbonyl (C=O) groups excluding carboxylic acids is 2. The van der Waals surface area contributed by atoms with Gasteiger partial charge < -0.3 is 10.1 Å². The van der Waals surface area contributed by atoms with E-state index in [0.29, 0.717) is 5.69 Å². The van der Waals surface area contributed by atoms with Gasteiger partial charge in [0.2, 0.25) is 0 Å². The second kappa shape index (κ2) is 7.98. The molecule has 0 atom stereocenters. The summed E-state index contributed by atoms with van der Waals surface area (Å²) in [4.78, 5) is 23.7. The summed E-state index contributed by atoms with van der Waals surface area (Å²) in [7, 11) is 0. The number of hydrogen-bond donors (Lipinski definition) is 1. The van der Waals surface area contributed by atoms with Crippen molar-refractivity contribution in [1.82, 2.24) is 20.3 Å². The zero-order chi connectivity index (χ0) is 21.4. The average molecular weight is 416 g/mol. The Kier molecular flexibility index (Phi) is 5.02. The zero-order valence-corrected chi connectivity index (χ0v) is 17.3. The Bertz CT molecular complexity index is 1090. The van der Waals surface area contributed by atoms with Crippen molar-refractivity contribution in [2.24, 2.45) is 5.92 Å². The second-order valence-corrected chi connectivity index (χ2v) is 8.30. The van der Waals surface area contributed by atoms with Crippen molar-refractivity contribution in [3.05, 3.63) is 71.5 Å². The van der Waals surface area contributed by atoms with E-state index in [1.54, 1.807) is 11.6 Å². The first-order valence-electron chi connectivity index (χ1n) is 10.6. The molecule has 2 aromatic carbocycles. The Balaban J connectivity index is 1.15. The van der Waals surface area contributed by atoms with Crippen LogP contribution in [0.4, 0.5) is 4.79 Å². The van der Waals surface area contributed by atoms with Gasteiger partial charge in [-0.15, -0.1) is 5.10 Å². The molecule has 1 saturated carbocycles. The highest BCUT2D eigenvalue weighted by atomic mass is 16.5. The molecule has 1 aromatic heterocycles. The van der Waals surface area contributed by atoms with Crippen molar-refractivity contribution >= 4 is 11.9 Å². The molecule has 1 N–H and O–H groups in total. The molecule has 2 aliphatic carbocycles. The van der Waals surface area contributed by atoms with E-state index in [1.807, 2.05) is 30.5 Å². The van der Waals surface area contributed by atoms with Crippen molar-refractivity contribution in [3.8, 4) is 11.1 Å². The highest BCUT2D eigenvalue weighted by Gasteiger charge is 2.34. The van der Waals surface area contributed by atoms with Crippen LogP contribution in [0.5, 0.6) is 0 Å².